The van der Waals surface area contributed by atoms with Gasteiger partial charge < -0.3 is 37.3 Å². The number of rotatable bonds is 21. The first-order valence-corrected chi connectivity index (χ1v) is 33.5. The number of fused-ring (bicyclic) bond motifs is 1. The minimum absolute atomic E-state index is 0. The molecule has 5 aliphatic heterocycles. The Morgan fingerprint density at radius 2 is 1.50 bits per heavy atom. The number of carbonyl (C=O) groups excluding carboxylic acids is 2. The van der Waals surface area contributed by atoms with Crippen LogP contribution in [0.5, 0.6) is 0 Å². The Bertz CT molecular complexity index is 1690. The molecule has 5 rings (SSSR count). The van der Waals surface area contributed by atoms with Gasteiger partial charge in [0.2, 0.25) is 0 Å². The fourth-order valence-electron chi connectivity index (χ4n) is 10.9. The van der Waals surface area contributed by atoms with Gasteiger partial charge in [-0.2, -0.15) is 0 Å². The number of carbonyl (C=O) groups is 2. The van der Waals surface area contributed by atoms with Crippen molar-refractivity contribution in [1.29, 1.82) is 0 Å². The lowest BCUT2D eigenvalue weighted by Gasteiger charge is -2.54. The maximum Gasteiger partial charge on any atom is 0.193 e. The van der Waals surface area contributed by atoms with Gasteiger partial charge in [0.1, 0.15) is 18.2 Å². The molecule has 0 spiro atoms. The summed E-state index contributed by atoms with van der Waals surface area (Å²) in [6.07, 6.45) is 12.1. The van der Waals surface area contributed by atoms with E-state index < -0.39 is 16.6 Å². The van der Waals surface area contributed by atoms with Gasteiger partial charge in [-0.15, -0.1) is 0 Å². The molecular formula is C56H99IO9Si2. The summed E-state index contributed by atoms with van der Waals surface area (Å²) in [5.74, 6) is 1.50. The second kappa shape index (κ2) is 25.1. The molecule has 9 nitrogen and oxygen atoms in total. The molecule has 12 heteroatoms. The summed E-state index contributed by atoms with van der Waals surface area (Å²) < 4.78 is 51.1. The van der Waals surface area contributed by atoms with Crippen LogP contribution in [-0.4, -0.2) is 102 Å². The van der Waals surface area contributed by atoms with Crippen molar-refractivity contribution in [2.45, 2.75) is 277 Å². The Hall–Kier alpha value is -0.556. The Kier molecular flexibility index (Phi) is 22.2. The normalized spacial score (nSPS) is 36.1. The van der Waals surface area contributed by atoms with Crippen LogP contribution in [0.25, 0.3) is 0 Å². The van der Waals surface area contributed by atoms with Crippen LogP contribution in [0.4, 0.5) is 0 Å². The molecule has 17 atom stereocenters. The highest BCUT2D eigenvalue weighted by Crippen LogP contribution is 2.47. The van der Waals surface area contributed by atoms with Crippen LogP contribution in [0.2, 0.25) is 36.3 Å². The summed E-state index contributed by atoms with van der Waals surface area (Å²) in [5, 5.41) is 0.0538. The van der Waals surface area contributed by atoms with E-state index in [1.54, 1.807) is 0 Å². The van der Waals surface area contributed by atoms with E-state index in [0.717, 1.165) is 75.2 Å². The van der Waals surface area contributed by atoms with Crippen molar-refractivity contribution in [3.8, 4) is 0 Å². The Morgan fingerprint density at radius 3 is 2.12 bits per heavy atom. The summed E-state index contributed by atoms with van der Waals surface area (Å²) in [4.78, 5) is 25.4. The predicted octanol–water partition coefficient (Wildman–Crippen LogP) is 14.3. The van der Waals surface area contributed by atoms with Crippen molar-refractivity contribution in [3.05, 3.63) is 34.5 Å². The third-order valence-electron chi connectivity index (χ3n) is 17.7. The molecule has 0 N–H and O–H groups in total. The monoisotopic (exact) mass is 1100 g/mol. The van der Waals surface area contributed by atoms with Crippen molar-refractivity contribution in [3.63, 3.8) is 0 Å². The molecule has 392 valence electrons. The first-order chi connectivity index (χ1) is 31.2. The average molecular weight is 1100 g/mol. The number of hydrogen-bond donors (Lipinski definition) is 0. The largest absolute Gasteiger partial charge is 0.411 e. The van der Waals surface area contributed by atoms with Gasteiger partial charge in [0.15, 0.2) is 16.6 Å². The zero-order chi connectivity index (χ0) is 49.8. The lowest BCUT2D eigenvalue weighted by molar-refractivity contribution is -0.251. The molecule has 0 aromatic heterocycles. The molecule has 0 saturated carbocycles. The summed E-state index contributed by atoms with van der Waals surface area (Å²) in [5.41, 5.74) is 2.26. The second-order valence-electron chi connectivity index (χ2n) is 24.9. The molecule has 5 saturated heterocycles. The maximum atomic E-state index is 14.5. The van der Waals surface area contributed by atoms with Crippen LogP contribution in [0.15, 0.2) is 34.5 Å². The molecule has 5 fully saturated rings. The smallest absolute Gasteiger partial charge is 0.193 e. The molecule has 0 radical (unpaired) electrons. The van der Waals surface area contributed by atoms with Crippen molar-refractivity contribution in [1.82, 2.24) is 0 Å². The van der Waals surface area contributed by atoms with Gasteiger partial charge in [-0.1, -0.05) is 126 Å². The van der Waals surface area contributed by atoms with Gasteiger partial charge in [0, 0.05) is 31.6 Å². The van der Waals surface area contributed by atoms with Gasteiger partial charge in [0.25, 0.3) is 0 Å². The van der Waals surface area contributed by atoms with E-state index >= 15 is 0 Å². The molecule has 68 heavy (non-hydrogen) atoms. The first-order valence-electron chi connectivity index (χ1n) is 26.4. The summed E-state index contributed by atoms with van der Waals surface area (Å²) >= 11 is 2.31. The molecular weight excluding hydrogens is 1000 g/mol. The standard InChI is InChI=1S/C55H95IO9Si2.CH4/c1-18-34(2)28-48-38(6)44(50(62-48)33-49-37(5)35(3)29-42(60-49)21-23-45-36(4)30-41(59-45)20-19-27-57)32-40(58)31-43-22-24-46-51(61-43)39(7)52(65-67(16,17)55(11,12)13)53(63-46)47(25-26-56)64-66(14,15)54(8,9)10;/h25-27,34-35,38-39,41-53H,4-5,18-24,28-33H2,1-3,6-17H3;1H4/b26-25+;/t34-,35+,38-,39+,41+,42+,43-,44-,45+,46+,47+,48-,49-,50+,51+,52+,53-;/m1./s1. The van der Waals surface area contributed by atoms with E-state index in [2.05, 4.69) is 148 Å². The van der Waals surface area contributed by atoms with Crippen molar-refractivity contribution >= 4 is 51.3 Å². The average Bonchev–Trinajstić information content (AvgIpc) is 3.73. The fourth-order valence-corrected chi connectivity index (χ4v) is 13.9. The van der Waals surface area contributed by atoms with Crippen LogP contribution in [0.1, 0.15) is 167 Å². The molecule has 5 heterocycles. The Balaban J connectivity index is 0.0000101. The van der Waals surface area contributed by atoms with Gasteiger partial charge >= 0.3 is 0 Å². The highest BCUT2D eigenvalue weighted by molar-refractivity contribution is 14.1. The van der Waals surface area contributed by atoms with Crippen LogP contribution in [0.3, 0.4) is 0 Å². The van der Waals surface area contributed by atoms with Gasteiger partial charge in [0.05, 0.1) is 67.1 Å². The molecule has 0 aliphatic carbocycles. The number of ketones is 1. The first kappa shape index (κ1) is 60.0. The topological polar surface area (TPSA) is 98.8 Å². The molecule has 5 aliphatic rings. The lowest BCUT2D eigenvalue weighted by Crippen LogP contribution is -2.64. The number of aldehydes is 1. The third kappa shape index (κ3) is 15.0. The van der Waals surface area contributed by atoms with Crippen molar-refractivity contribution in [2.75, 3.05) is 0 Å². The zero-order valence-corrected chi connectivity index (χ0v) is 48.9. The lowest BCUT2D eigenvalue weighted by atomic mass is 9.78. The minimum Gasteiger partial charge on any atom is -0.411 e. The zero-order valence-electron chi connectivity index (χ0n) is 44.7. The number of halogens is 1. The molecule has 0 aromatic rings. The van der Waals surface area contributed by atoms with E-state index in [9.17, 15) is 9.59 Å². The van der Waals surface area contributed by atoms with E-state index in [4.69, 9.17) is 32.5 Å². The SMILES string of the molecule is C.C=C1C[C@H](CCC=O)O[C@H]1CC[C@H]1C[C@H](C)C(=C)[C@@H](C[C@@H]2O[C@H](C[C@H](C)CC)[C@H](C)[C@H]2CC(=O)C[C@H]2CC[C@@H]3O[C@H]([C@H](/C=C/I)O[Si](C)(C)C(C)(C)C)[C@@H](O[Si](C)(C)C(C)(C)C)[C@@H](C)[C@@H]3O2)O1. The van der Waals surface area contributed by atoms with Gasteiger partial charge in [-0.05, 0) is 133 Å². The van der Waals surface area contributed by atoms with Gasteiger partial charge in [-0.25, -0.2) is 0 Å². The highest BCUT2D eigenvalue weighted by Gasteiger charge is 2.54. The fraction of sp³-hybridized carbons (Fsp3) is 0.857. The third-order valence-corrected chi connectivity index (χ3v) is 27.1. The maximum absolute atomic E-state index is 14.5. The molecule has 0 aromatic carbocycles. The highest BCUT2D eigenvalue weighted by atomic mass is 127. The summed E-state index contributed by atoms with van der Waals surface area (Å²) in [7, 11) is -4.41. The van der Waals surface area contributed by atoms with Crippen molar-refractivity contribution < 1.29 is 42.1 Å². The summed E-state index contributed by atoms with van der Waals surface area (Å²) in [6, 6.07) is 0. The number of ether oxygens (including phenoxy) is 5. The van der Waals surface area contributed by atoms with Crippen LogP contribution >= 0.6 is 22.6 Å². The van der Waals surface area contributed by atoms with Crippen LogP contribution in [-0.2, 0) is 42.1 Å². The number of Topliss-reactive ketones (excluding diaryl/α,β-unsaturated/α-hetero) is 1. The van der Waals surface area contributed by atoms with E-state index in [0.29, 0.717) is 37.5 Å². The van der Waals surface area contributed by atoms with E-state index in [-0.39, 0.29) is 114 Å². The van der Waals surface area contributed by atoms with Crippen molar-refractivity contribution in [2.24, 2.45) is 29.6 Å². The van der Waals surface area contributed by atoms with Crippen LogP contribution in [0, 0.1) is 29.6 Å². The molecule has 0 amide bonds. The second-order valence-corrected chi connectivity index (χ2v) is 35.1. The van der Waals surface area contributed by atoms with Gasteiger partial charge in [-0.3, -0.25) is 4.79 Å². The van der Waals surface area contributed by atoms with E-state index in [1.165, 1.54) is 0 Å². The Labute approximate surface area is 431 Å². The minimum atomic E-state index is -2.24. The molecule has 0 bridgehead atoms. The number of hydrogen-bond acceptors (Lipinski definition) is 9. The van der Waals surface area contributed by atoms with Crippen LogP contribution < -0.4 is 0 Å². The summed E-state index contributed by atoms with van der Waals surface area (Å²) in [6.45, 7) is 43.3. The molecule has 0 unspecified atom stereocenters. The predicted molar refractivity (Wildman–Crippen MR) is 293 cm³/mol. The Morgan fingerprint density at radius 1 is 0.838 bits per heavy atom. The van der Waals surface area contributed by atoms with E-state index in [1.807, 2.05) is 0 Å². The quantitative estimate of drug-likeness (QED) is 0.0482.